The van der Waals surface area contributed by atoms with Crippen molar-refractivity contribution in [3.63, 3.8) is 0 Å². The van der Waals surface area contributed by atoms with E-state index in [4.69, 9.17) is 10.5 Å². The highest BCUT2D eigenvalue weighted by Crippen LogP contribution is 2.07. The van der Waals surface area contributed by atoms with E-state index in [-0.39, 0.29) is 12.2 Å². The second-order valence-corrected chi connectivity index (χ2v) is 4.68. The molecule has 0 radical (unpaired) electrons. The summed E-state index contributed by atoms with van der Waals surface area (Å²) in [6.45, 7) is 7.38. The third kappa shape index (κ3) is 8.20. The Balaban J connectivity index is 3.87. The summed E-state index contributed by atoms with van der Waals surface area (Å²) >= 11 is 0. The Morgan fingerprint density at radius 1 is 1.47 bits per heavy atom. The zero-order valence-electron chi connectivity index (χ0n) is 10.3. The molecule has 0 aliphatic heterocycles. The topological polar surface area (TPSA) is 76.4 Å². The molecule has 0 rings (SSSR count). The van der Waals surface area contributed by atoms with Crippen LogP contribution in [0.2, 0.25) is 0 Å². The lowest BCUT2D eigenvalue weighted by atomic mass is 10.2. The normalized spacial score (nSPS) is 15.6. The molecule has 0 bridgehead atoms. The molecule has 0 heterocycles. The van der Waals surface area contributed by atoms with Crippen molar-refractivity contribution in [2.75, 3.05) is 7.05 Å². The highest BCUT2D eigenvalue weighted by molar-refractivity contribution is 5.68. The van der Waals surface area contributed by atoms with Gasteiger partial charge >= 0.3 is 6.09 Å². The van der Waals surface area contributed by atoms with Crippen LogP contribution in [0.25, 0.3) is 0 Å². The number of carbonyl (C=O) groups is 1. The first-order valence-electron chi connectivity index (χ1n) is 5.17. The van der Waals surface area contributed by atoms with Gasteiger partial charge in [0.15, 0.2) is 0 Å². The van der Waals surface area contributed by atoms with Gasteiger partial charge < -0.3 is 21.1 Å². The van der Waals surface area contributed by atoms with Gasteiger partial charge in [-0.15, -0.1) is 0 Å². The fraction of sp³-hybridized carbons (Fsp3) is 0.900. The number of nitrogens with two attached hydrogens (primary N) is 1. The predicted octanol–water partition coefficient (Wildman–Crippen LogP) is 0.794. The molecule has 0 fully saturated rings. The monoisotopic (exact) mass is 217 g/mol. The molecule has 0 aromatic rings. The van der Waals surface area contributed by atoms with Gasteiger partial charge in [0.25, 0.3) is 0 Å². The number of hydrogen-bond donors (Lipinski definition) is 3. The number of hydrogen-bond acceptors (Lipinski definition) is 4. The Morgan fingerprint density at radius 2 is 2.00 bits per heavy atom. The highest BCUT2D eigenvalue weighted by atomic mass is 16.6. The summed E-state index contributed by atoms with van der Waals surface area (Å²) < 4.78 is 5.11. The quantitative estimate of drug-likeness (QED) is 0.609. The molecule has 90 valence electrons. The van der Waals surface area contributed by atoms with Crippen LogP contribution in [0, 0.1) is 0 Å². The van der Waals surface area contributed by atoms with Crippen molar-refractivity contribution >= 4 is 6.09 Å². The van der Waals surface area contributed by atoms with Gasteiger partial charge in [0.05, 0.1) is 6.17 Å². The maximum Gasteiger partial charge on any atom is 0.407 e. The van der Waals surface area contributed by atoms with E-state index in [0.717, 1.165) is 0 Å². The number of rotatable bonds is 4. The molecule has 1 amide bonds. The lowest BCUT2D eigenvalue weighted by Gasteiger charge is -2.23. The second-order valence-electron chi connectivity index (χ2n) is 4.68. The van der Waals surface area contributed by atoms with Crippen LogP contribution in [0.1, 0.15) is 34.1 Å². The summed E-state index contributed by atoms with van der Waals surface area (Å²) in [6, 6.07) is -0.0118. The lowest BCUT2D eigenvalue weighted by Crippen LogP contribution is -2.44. The molecule has 2 atom stereocenters. The molecule has 5 heteroatoms. The zero-order chi connectivity index (χ0) is 12.1. The van der Waals surface area contributed by atoms with Gasteiger partial charge in [0.2, 0.25) is 0 Å². The van der Waals surface area contributed by atoms with E-state index in [1.54, 1.807) is 7.05 Å². The smallest absolute Gasteiger partial charge is 0.407 e. The van der Waals surface area contributed by atoms with Crippen molar-refractivity contribution in [3.05, 3.63) is 0 Å². The molecular weight excluding hydrogens is 194 g/mol. The fourth-order valence-corrected chi connectivity index (χ4v) is 1.07. The average Bonchev–Trinajstić information content (AvgIpc) is 1.99. The van der Waals surface area contributed by atoms with E-state index in [9.17, 15) is 4.79 Å². The Morgan fingerprint density at radius 3 is 2.40 bits per heavy atom. The largest absolute Gasteiger partial charge is 0.444 e. The number of alkyl carbamates (subject to hydrolysis) is 1. The Hall–Kier alpha value is -0.810. The Kier molecular flexibility index (Phi) is 5.60. The minimum Gasteiger partial charge on any atom is -0.444 e. The summed E-state index contributed by atoms with van der Waals surface area (Å²) in [5.74, 6) is 0. The van der Waals surface area contributed by atoms with E-state index in [1.807, 2.05) is 27.7 Å². The summed E-state index contributed by atoms with van der Waals surface area (Å²) in [4.78, 5) is 11.3. The minimum absolute atomic E-state index is 0.0118. The summed E-state index contributed by atoms with van der Waals surface area (Å²) in [5, 5.41) is 5.62. The van der Waals surface area contributed by atoms with Crippen molar-refractivity contribution in [2.24, 2.45) is 5.73 Å². The van der Waals surface area contributed by atoms with E-state index in [1.165, 1.54) is 0 Å². The van der Waals surface area contributed by atoms with Gasteiger partial charge in [-0.05, 0) is 41.2 Å². The first-order chi connectivity index (χ1) is 6.74. The first-order valence-corrected chi connectivity index (χ1v) is 5.17. The minimum atomic E-state index is -0.463. The molecule has 0 aromatic carbocycles. The molecule has 15 heavy (non-hydrogen) atoms. The zero-order valence-corrected chi connectivity index (χ0v) is 10.3. The highest BCUT2D eigenvalue weighted by Gasteiger charge is 2.18. The van der Waals surface area contributed by atoms with Gasteiger partial charge in [-0.3, -0.25) is 0 Å². The molecule has 4 N–H and O–H groups in total. The maximum absolute atomic E-state index is 11.3. The average molecular weight is 217 g/mol. The molecule has 0 aliphatic rings. The third-order valence-corrected chi connectivity index (χ3v) is 1.74. The third-order valence-electron chi connectivity index (χ3n) is 1.74. The van der Waals surface area contributed by atoms with Crippen LogP contribution in [-0.2, 0) is 4.74 Å². The summed E-state index contributed by atoms with van der Waals surface area (Å²) in [5.41, 5.74) is 5.21. The fourth-order valence-electron chi connectivity index (χ4n) is 1.07. The van der Waals surface area contributed by atoms with Crippen molar-refractivity contribution < 1.29 is 9.53 Å². The summed E-state index contributed by atoms with van der Waals surface area (Å²) in [7, 11) is 1.78. The molecule has 2 unspecified atom stereocenters. The van der Waals surface area contributed by atoms with Gasteiger partial charge in [-0.2, -0.15) is 0 Å². The van der Waals surface area contributed by atoms with Crippen molar-refractivity contribution in [3.8, 4) is 0 Å². The standard InChI is InChI=1S/C10H23N3O2/c1-7(6-8(11)12-5)13-9(14)15-10(2,3)4/h7-8,12H,6,11H2,1-5H3,(H,13,14). The SMILES string of the molecule is CNC(N)CC(C)NC(=O)OC(C)(C)C. The van der Waals surface area contributed by atoms with Crippen molar-refractivity contribution in [1.29, 1.82) is 0 Å². The molecule has 0 saturated heterocycles. The second kappa shape index (κ2) is 5.92. The van der Waals surface area contributed by atoms with E-state index >= 15 is 0 Å². The van der Waals surface area contributed by atoms with E-state index < -0.39 is 11.7 Å². The van der Waals surface area contributed by atoms with Crippen LogP contribution in [-0.4, -0.2) is 30.9 Å². The number of amides is 1. The lowest BCUT2D eigenvalue weighted by molar-refractivity contribution is 0.0504. The van der Waals surface area contributed by atoms with Gasteiger partial charge in [-0.25, -0.2) is 4.79 Å². The van der Waals surface area contributed by atoms with Gasteiger partial charge in [0.1, 0.15) is 5.60 Å². The molecule has 0 saturated carbocycles. The Labute approximate surface area is 91.7 Å². The number of ether oxygens (including phenoxy) is 1. The summed E-state index contributed by atoms with van der Waals surface area (Å²) in [6.07, 6.45) is 0.142. The van der Waals surface area contributed by atoms with Crippen LogP contribution in [0.3, 0.4) is 0 Å². The molecule has 0 spiro atoms. The molecule has 0 aliphatic carbocycles. The Bertz CT molecular complexity index is 201. The van der Waals surface area contributed by atoms with Crippen LogP contribution >= 0.6 is 0 Å². The van der Waals surface area contributed by atoms with E-state index in [0.29, 0.717) is 6.42 Å². The van der Waals surface area contributed by atoms with Crippen molar-refractivity contribution in [2.45, 2.75) is 51.9 Å². The van der Waals surface area contributed by atoms with Crippen LogP contribution in [0.5, 0.6) is 0 Å². The first kappa shape index (κ1) is 14.2. The molecule has 0 aromatic heterocycles. The van der Waals surface area contributed by atoms with E-state index in [2.05, 4.69) is 10.6 Å². The van der Waals surface area contributed by atoms with Gasteiger partial charge in [-0.1, -0.05) is 0 Å². The van der Waals surface area contributed by atoms with Crippen LogP contribution in [0.15, 0.2) is 0 Å². The number of carbonyl (C=O) groups excluding carboxylic acids is 1. The van der Waals surface area contributed by atoms with Gasteiger partial charge in [0, 0.05) is 6.04 Å². The van der Waals surface area contributed by atoms with Crippen LogP contribution < -0.4 is 16.4 Å². The molecule has 5 nitrogen and oxygen atoms in total. The van der Waals surface area contributed by atoms with Crippen LogP contribution in [0.4, 0.5) is 4.79 Å². The van der Waals surface area contributed by atoms with Crippen molar-refractivity contribution in [1.82, 2.24) is 10.6 Å². The number of nitrogens with one attached hydrogen (secondary N) is 2. The maximum atomic E-state index is 11.3. The molecular formula is C10H23N3O2. The predicted molar refractivity (Wildman–Crippen MR) is 60.5 cm³/mol.